The monoisotopic (exact) mass is 314 g/mol. The van der Waals surface area contributed by atoms with Gasteiger partial charge in [0.25, 0.3) is 0 Å². The van der Waals surface area contributed by atoms with Crippen molar-refractivity contribution in [2.24, 2.45) is 0 Å². The molecule has 0 unspecified atom stereocenters. The van der Waals surface area contributed by atoms with E-state index in [0.29, 0.717) is 6.08 Å². The van der Waals surface area contributed by atoms with Crippen molar-refractivity contribution in [2.75, 3.05) is 6.61 Å². The van der Waals surface area contributed by atoms with Gasteiger partial charge >= 0.3 is 23.7 Å². The van der Waals surface area contributed by atoms with Crippen LogP contribution in [0.4, 0.5) is 35.1 Å². The number of aliphatic hydroxyl groups is 1. The molecule has 0 aliphatic carbocycles. The molecule has 20 heavy (non-hydrogen) atoms. The van der Waals surface area contributed by atoms with Crippen LogP contribution in [0, 0.1) is 0 Å². The standard InChI is InChI=1S/C11H14F8O/c1-2-3-5-8(12,13)10(16,17)11(18,19)9(14,15)6-4-7-20/h2-3,20H,4-7H2,1H3/b3-2+. The van der Waals surface area contributed by atoms with E-state index < -0.39 is 49.6 Å². The zero-order chi connectivity index (χ0) is 16.2. The van der Waals surface area contributed by atoms with Crippen molar-refractivity contribution in [3.05, 3.63) is 12.2 Å². The summed E-state index contributed by atoms with van der Waals surface area (Å²) in [5, 5.41) is 8.25. The molecule has 0 bridgehead atoms. The molecule has 0 heterocycles. The minimum atomic E-state index is -6.24. The zero-order valence-electron chi connectivity index (χ0n) is 10.5. The van der Waals surface area contributed by atoms with Gasteiger partial charge in [-0.25, -0.2) is 0 Å². The molecule has 0 aliphatic heterocycles. The van der Waals surface area contributed by atoms with Gasteiger partial charge in [0.1, 0.15) is 0 Å². The van der Waals surface area contributed by atoms with E-state index in [2.05, 4.69) is 0 Å². The maximum atomic E-state index is 13.1. The Morgan fingerprint density at radius 3 is 1.70 bits per heavy atom. The van der Waals surface area contributed by atoms with E-state index >= 15 is 0 Å². The third kappa shape index (κ3) is 3.42. The van der Waals surface area contributed by atoms with Crippen LogP contribution in [0.5, 0.6) is 0 Å². The number of allylic oxidation sites excluding steroid dienone is 2. The predicted octanol–water partition coefficient (Wildman–Crippen LogP) is 4.27. The van der Waals surface area contributed by atoms with Crippen LogP contribution in [-0.2, 0) is 0 Å². The Kier molecular flexibility index (Phi) is 6.01. The Morgan fingerprint density at radius 2 is 1.30 bits per heavy atom. The van der Waals surface area contributed by atoms with Crippen LogP contribution in [0.25, 0.3) is 0 Å². The van der Waals surface area contributed by atoms with Crippen LogP contribution in [0.1, 0.15) is 26.2 Å². The molecule has 0 aromatic rings. The summed E-state index contributed by atoms with van der Waals surface area (Å²) in [7, 11) is 0. The third-order valence-corrected chi connectivity index (χ3v) is 2.57. The fourth-order valence-electron chi connectivity index (χ4n) is 1.31. The fraction of sp³-hybridized carbons (Fsp3) is 0.818. The van der Waals surface area contributed by atoms with Crippen LogP contribution in [-0.4, -0.2) is 35.4 Å². The summed E-state index contributed by atoms with van der Waals surface area (Å²) in [5.74, 6) is -23.1. The molecule has 0 aliphatic rings. The number of rotatable bonds is 8. The second-order valence-corrected chi connectivity index (χ2v) is 4.16. The summed E-state index contributed by atoms with van der Waals surface area (Å²) in [4.78, 5) is 0. The van der Waals surface area contributed by atoms with Gasteiger partial charge in [-0.3, -0.25) is 0 Å². The van der Waals surface area contributed by atoms with Gasteiger partial charge in [-0.05, 0) is 13.3 Å². The van der Waals surface area contributed by atoms with Crippen molar-refractivity contribution in [1.82, 2.24) is 0 Å². The molecule has 0 saturated carbocycles. The fourth-order valence-corrected chi connectivity index (χ4v) is 1.31. The van der Waals surface area contributed by atoms with Gasteiger partial charge in [0, 0.05) is 19.4 Å². The van der Waals surface area contributed by atoms with Gasteiger partial charge in [-0.2, -0.15) is 35.1 Å². The molecule has 0 rings (SSSR count). The Hall–Kier alpha value is -0.860. The Labute approximate surface area is 110 Å². The average Bonchev–Trinajstić information content (AvgIpc) is 2.33. The molecule has 0 fully saturated rings. The molecule has 0 amide bonds. The third-order valence-electron chi connectivity index (χ3n) is 2.57. The first-order valence-corrected chi connectivity index (χ1v) is 5.60. The summed E-state index contributed by atoms with van der Waals surface area (Å²) in [6.45, 7) is 0.231. The minimum absolute atomic E-state index is 0.482. The summed E-state index contributed by atoms with van der Waals surface area (Å²) in [5.41, 5.74) is 0. The van der Waals surface area contributed by atoms with Crippen molar-refractivity contribution in [1.29, 1.82) is 0 Å². The number of hydrogen-bond acceptors (Lipinski definition) is 1. The van der Waals surface area contributed by atoms with Gasteiger partial charge in [-0.15, -0.1) is 0 Å². The summed E-state index contributed by atoms with van der Waals surface area (Å²) in [6.07, 6.45) is -3.14. The molecule has 0 saturated heterocycles. The normalized spacial score (nSPS) is 15.1. The van der Waals surface area contributed by atoms with Gasteiger partial charge in [0.2, 0.25) is 0 Å². The molecule has 9 heteroatoms. The van der Waals surface area contributed by atoms with Crippen LogP contribution < -0.4 is 0 Å². The highest BCUT2D eigenvalue weighted by Gasteiger charge is 2.79. The lowest BCUT2D eigenvalue weighted by molar-refractivity contribution is -0.366. The van der Waals surface area contributed by atoms with Crippen molar-refractivity contribution in [3.8, 4) is 0 Å². The van der Waals surface area contributed by atoms with Crippen molar-refractivity contribution >= 4 is 0 Å². The average molecular weight is 314 g/mol. The number of aliphatic hydroxyl groups excluding tert-OH is 1. The Balaban J connectivity index is 5.42. The lowest BCUT2D eigenvalue weighted by Crippen LogP contribution is -2.62. The first kappa shape index (κ1) is 19.1. The SMILES string of the molecule is C/C=C/CC(F)(F)C(F)(F)C(F)(F)C(F)(F)CCCO. The van der Waals surface area contributed by atoms with Crippen LogP contribution >= 0.6 is 0 Å². The molecule has 0 aromatic carbocycles. The van der Waals surface area contributed by atoms with Crippen LogP contribution in [0.15, 0.2) is 12.2 Å². The smallest absolute Gasteiger partial charge is 0.378 e. The molecular weight excluding hydrogens is 300 g/mol. The first-order valence-electron chi connectivity index (χ1n) is 5.60. The molecule has 0 aromatic heterocycles. The molecule has 0 radical (unpaired) electrons. The first-order chi connectivity index (χ1) is 8.87. The van der Waals surface area contributed by atoms with E-state index in [1.54, 1.807) is 0 Å². The number of alkyl halides is 8. The highest BCUT2D eigenvalue weighted by Crippen LogP contribution is 2.54. The summed E-state index contributed by atoms with van der Waals surface area (Å²) < 4.78 is 105. The summed E-state index contributed by atoms with van der Waals surface area (Å²) in [6, 6.07) is 0. The summed E-state index contributed by atoms with van der Waals surface area (Å²) >= 11 is 0. The molecule has 120 valence electrons. The van der Waals surface area contributed by atoms with E-state index in [-0.39, 0.29) is 0 Å². The van der Waals surface area contributed by atoms with E-state index in [1.807, 2.05) is 0 Å². The van der Waals surface area contributed by atoms with E-state index in [9.17, 15) is 35.1 Å². The van der Waals surface area contributed by atoms with E-state index in [0.717, 1.165) is 6.08 Å². The maximum Gasteiger partial charge on any atom is 0.378 e. The predicted molar refractivity (Wildman–Crippen MR) is 55.5 cm³/mol. The molecule has 1 N–H and O–H groups in total. The quantitative estimate of drug-likeness (QED) is 0.524. The second-order valence-electron chi connectivity index (χ2n) is 4.16. The highest BCUT2D eigenvalue weighted by atomic mass is 19.4. The molecule has 0 spiro atoms. The Morgan fingerprint density at radius 1 is 0.850 bits per heavy atom. The van der Waals surface area contributed by atoms with Crippen LogP contribution in [0.2, 0.25) is 0 Å². The number of halogens is 8. The van der Waals surface area contributed by atoms with E-state index in [1.165, 1.54) is 6.92 Å². The maximum absolute atomic E-state index is 13.1. The van der Waals surface area contributed by atoms with Gasteiger partial charge < -0.3 is 5.11 Å². The van der Waals surface area contributed by atoms with Crippen molar-refractivity contribution < 1.29 is 40.2 Å². The molecule has 1 nitrogen and oxygen atoms in total. The Bertz CT molecular complexity index is 337. The highest BCUT2D eigenvalue weighted by molar-refractivity contribution is 5.05. The van der Waals surface area contributed by atoms with Gasteiger partial charge in [0.15, 0.2) is 0 Å². The molecular formula is C11H14F8O. The van der Waals surface area contributed by atoms with Gasteiger partial charge in [0.05, 0.1) is 0 Å². The molecule has 0 atom stereocenters. The van der Waals surface area contributed by atoms with Crippen molar-refractivity contribution in [2.45, 2.75) is 49.9 Å². The van der Waals surface area contributed by atoms with Gasteiger partial charge in [-0.1, -0.05) is 12.2 Å². The zero-order valence-corrected chi connectivity index (χ0v) is 10.5. The largest absolute Gasteiger partial charge is 0.396 e. The van der Waals surface area contributed by atoms with Crippen molar-refractivity contribution in [3.63, 3.8) is 0 Å². The lowest BCUT2D eigenvalue weighted by Gasteiger charge is -2.36. The topological polar surface area (TPSA) is 20.2 Å². The number of hydrogen-bond donors (Lipinski definition) is 1. The minimum Gasteiger partial charge on any atom is -0.396 e. The lowest BCUT2D eigenvalue weighted by atomic mass is 9.94. The second kappa shape index (κ2) is 6.28. The van der Waals surface area contributed by atoms with E-state index in [4.69, 9.17) is 5.11 Å². The van der Waals surface area contributed by atoms with Crippen LogP contribution in [0.3, 0.4) is 0 Å².